The minimum Gasteiger partial charge on any atom is -0.487 e. The summed E-state index contributed by atoms with van der Waals surface area (Å²) < 4.78 is 5.85. The molecule has 6 nitrogen and oxygen atoms in total. The van der Waals surface area contributed by atoms with Crippen molar-refractivity contribution in [2.24, 2.45) is 0 Å². The summed E-state index contributed by atoms with van der Waals surface area (Å²) in [5.41, 5.74) is 8.16. The van der Waals surface area contributed by atoms with Crippen LogP contribution in [0.2, 0.25) is 5.02 Å². The van der Waals surface area contributed by atoms with Crippen LogP contribution in [0, 0.1) is 13.8 Å². The normalized spacial score (nSPS) is 10.6. The number of amides is 1. The number of aryl methyl sites for hydroxylation is 2. The molecule has 0 bridgehead atoms. The second-order valence-corrected chi connectivity index (χ2v) is 6.10. The third-order valence-corrected chi connectivity index (χ3v) is 4.18. The molecule has 0 saturated carbocycles. The maximum absolute atomic E-state index is 12.8. The van der Waals surface area contributed by atoms with Crippen molar-refractivity contribution in [3.8, 4) is 5.75 Å². The highest BCUT2D eigenvalue weighted by Gasteiger charge is 2.22. The largest absolute Gasteiger partial charge is 0.487 e. The Morgan fingerprint density at radius 1 is 1.24 bits per heavy atom. The Morgan fingerprint density at radius 2 is 1.92 bits per heavy atom. The van der Waals surface area contributed by atoms with Crippen molar-refractivity contribution in [1.82, 2.24) is 14.9 Å². The third-order valence-electron chi connectivity index (χ3n) is 3.95. The van der Waals surface area contributed by atoms with Gasteiger partial charge in [-0.2, -0.15) is 0 Å². The Kier molecular flexibility index (Phi) is 6.20. The molecule has 0 atom stereocenters. The van der Waals surface area contributed by atoms with Crippen LogP contribution in [0.3, 0.4) is 0 Å². The second kappa shape index (κ2) is 8.16. The minimum absolute atomic E-state index is 0.117. The Hall–Kier alpha value is -2.34. The zero-order chi connectivity index (χ0) is 18.6. The fraction of sp³-hybridized carbons (Fsp3) is 0.389. The molecule has 1 aromatic carbocycles. The van der Waals surface area contributed by atoms with E-state index >= 15 is 0 Å². The zero-order valence-corrected chi connectivity index (χ0v) is 15.7. The van der Waals surface area contributed by atoms with Crippen molar-refractivity contribution in [1.29, 1.82) is 0 Å². The van der Waals surface area contributed by atoms with Gasteiger partial charge in [-0.1, -0.05) is 11.6 Å². The lowest BCUT2D eigenvalue weighted by Gasteiger charge is -2.21. The lowest BCUT2D eigenvalue weighted by molar-refractivity contribution is 0.0768. The van der Waals surface area contributed by atoms with E-state index in [1.807, 2.05) is 26.8 Å². The fourth-order valence-corrected chi connectivity index (χ4v) is 2.85. The average Bonchev–Trinajstić information content (AvgIpc) is 2.54. The number of benzene rings is 1. The lowest BCUT2D eigenvalue weighted by Crippen LogP contribution is -2.32. The first-order chi connectivity index (χ1) is 11.9. The van der Waals surface area contributed by atoms with E-state index in [2.05, 4.69) is 9.97 Å². The molecule has 0 aliphatic carbocycles. The van der Waals surface area contributed by atoms with E-state index in [9.17, 15) is 4.79 Å². The van der Waals surface area contributed by atoms with Crippen LogP contribution < -0.4 is 10.5 Å². The molecule has 0 aliphatic heterocycles. The topological polar surface area (TPSA) is 81.3 Å². The maximum Gasteiger partial charge on any atom is 0.257 e. The van der Waals surface area contributed by atoms with Crippen LogP contribution in [0.1, 0.15) is 41.2 Å². The summed E-state index contributed by atoms with van der Waals surface area (Å²) in [6.45, 7) is 8.86. The van der Waals surface area contributed by atoms with Gasteiger partial charge in [-0.3, -0.25) is 4.79 Å². The molecule has 1 amide bonds. The van der Waals surface area contributed by atoms with Crippen molar-refractivity contribution in [3.05, 3.63) is 45.7 Å². The quantitative estimate of drug-likeness (QED) is 0.851. The average molecular weight is 363 g/mol. The molecule has 0 saturated heterocycles. The van der Waals surface area contributed by atoms with E-state index in [-0.39, 0.29) is 18.5 Å². The first-order valence-electron chi connectivity index (χ1n) is 8.18. The van der Waals surface area contributed by atoms with Crippen molar-refractivity contribution < 1.29 is 9.53 Å². The molecule has 1 heterocycles. The number of carbonyl (C=O) groups is 1. The van der Waals surface area contributed by atoms with Crippen molar-refractivity contribution in [2.45, 2.75) is 34.3 Å². The van der Waals surface area contributed by atoms with Gasteiger partial charge in [0.15, 0.2) is 0 Å². The van der Waals surface area contributed by atoms with E-state index in [0.29, 0.717) is 40.8 Å². The van der Waals surface area contributed by atoms with E-state index in [4.69, 9.17) is 22.1 Å². The number of rotatable bonds is 6. The Balaban J connectivity index is 2.34. The molecule has 1 aromatic heterocycles. The Bertz CT molecular complexity index is 776. The molecule has 0 spiro atoms. The highest BCUT2D eigenvalue weighted by atomic mass is 35.5. The van der Waals surface area contributed by atoms with Crippen LogP contribution in [0.5, 0.6) is 5.75 Å². The molecule has 0 aliphatic rings. The second-order valence-electron chi connectivity index (χ2n) is 5.66. The van der Waals surface area contributed by atoms with Crippen LogP contribution in [0.4, 0.5) is 5.95 Å². The molecule has 0 radical (unpaired) electrons. The zero-order valence-electron chi connectivity index (χ0n) is 15.0. The predicted octanol–water partition coefficient (Wildman–Crippen LogP) is 3.39. The first kappa shape index (κ1) is 19.0. The summed E-state index contributed by atoms with van der Waals surface area (Å²) in [7, 11) is 0. The summed E-state index contributed by atoms with van der Waals surface area (Å²) in [6, 6.07) is 5.37. The van der Waals surface area contributed by atoms with E-state index < -0.39 is 0 Å². The van der Waals surface area contributed by atoms with Crippen LogP contribution in [-0.2, 0) is 6.61 Å². The molecule has 2 N–H and O–H groups in total. The summed E-state index contributed by atoms with van der Waals surface area (Å²) in [5.74, 6) is 0.689. The van der Waals surface area contributed by atoms with Crippen LogP contribution >= 0.6 is 11.6 Å². The van der Waals surface area contributed by atoms with Gasteiger partial charge in [-0.15, -0.1) is 0 Å². The Morgan fingerprint density at radius 3 is 2.52 bits per heavy atom. The number of aromatic nitrogens is 2. The number of anilines is 1. The minimum atomic E-state index is -0.117. The number of ether oxygens (including phenoxy) is 1. The number of halogens is 1. The van der Waals surface area contributed by atoms with E-state index in [0.717, 1.165) is 5.56 Å². The smallest absolute Gasteiger partial charge is 0.257 e. The van der Waals surface area contributed by atoms with Crippen LogP contribution in [0.25, 0.3) is 0 Å². The molecule has 0 fully saturated rings. The van der Waals surface area contributed by atoms with Crippen molar-refractivity contribution in [3.63, 3.8) is 0 Å². The van der Waals surface area contributed by atoms with E-state index in [1.54, 1.807) is 24.0 Å². The summed E-state index contributed by atoms with van der Waals surface area (Å²) in [6.07, 6.45) is 0. The highest BCUT2D eigenvalue weighted by Crippen LogP contribution is 2.24. The van der Waals surface area contributed by atoms with Gasteiger partial charge >= 0.3 is 0 Å². The molecule has 2 rings (SSSR count). The number of nitrogens with two attached hydrogens (primary N) is 1. The van der Waals surface area contributed by atoms with Gasteiger partial charge in [0, 0.05) is 18.1 Å². The van der Waals surface area contributed by atoms with Gasteiger partial charge in [0.05, 0.1) is 17.0 Å². The monoisotopic (exact) mass is 362 g/mol. The first-order valence-corrected chi connectivity index (χ1v) is 8.56. The lowest BCUT2D eigenvalue weighted by atomic mass is 10.1. The van der Waals surface area contributed by atoms with Crippen molar-refractivity contribution in [2.75, 3.05) is 18.8 Å². The maximum atomic E-state index is 12.8. The number of hydrogen-bond donors (Lipinski definition) is 1. The van der Waals surface area contributed by atoms with E-state index in [1.165, 1.54) is 0 Å². The van der Waals surface area contributed by atoms with Gasteiger partial charge in [0.1, 0.15) is 12.4 Å². The number of carbonyl (C=O) groups excluding carboxylic acids is 1. The molecular weight excluding hydrogens is 340 g/mol. The molecule has 2 aromatic rings. The van der Waals surface area contributed by atoms with Gasteiger partial charge in [-0.25, -0.2) is 9.97 Å². The molecular formula is C18H23ClN4O2. The molecule has 134 valence electrons. The standard InChI is InChI=1S/C18H23ClN4O2/c1-5-23(6-2)17(24)16-12(4)21-18(20)22-14(16)10-25-15-8-7-13(19)9-11(15)3/h7-9H,5-6,10H2,1-4H3,(H2,20,21,22). The summed E-state index contributed by atoms with van der Waals surface area (Å²) in [5, 5.41) is 0.643. The predicted molar refractivity (Wildman–Crippen MR) is 99.0 cm³/mol. The van der Waals surface area contributed by atoms with Crippen molar-refractivity contribution >= 4 is 23.5 Å². The highest BCUT2D eigenvalue weighted by molar-refractivity contribution is 6.30. The van der Waals surface area contributed by atoms with Crippen LogP contribution in [0.15, 0.2) is 18.2 Å². The molecule has 7 heteroatoms. The molecule has 25 heavy (non-hydrogen) atoms. The number of nitrogens with zero attached hydrogens (tertiary/aromatic N) is 3. The van der Waals surface area contributed by atoms with Gasteiger partial charge in [0.25, 0.3) is 5.91 Å². The summed E-state index contributed by atoms with van der Waals surface area (Å²) >= 11 is 5.97. The third kappa shape index (κ3) is 4.39. The van der Waals surface area contributed by atoms with Gasteiger partial charge in [0.2, 0.25) is 5.95 Å². The number of hydrogen-bond acceptors (Lipinski definition) is 5. The molecule has 0 unspecified atom stereocenters. The van der Waals surface area contributed by atoms with Gasteiger partial charge < -0.3 is 15.4 Å². The summed E-state index contributed by atoms with van der Waals surface area (Å²) in [4.78, 5) is 22.9. The number of nitrogen functional groups attached to an aromatic ring is 1. The Labute approximate surface area is 153 Å². The SMILES string of the molecule is CCN(CC)C(=O)c1c(C)nc(N)nc1COc1ccc(Cl)cc1C. The van der Waals surface area contributed by atoms with Gasteiger partial charge in [-0.05, 0) is 51.5 Å². The van der Waals surface area contributed by atoms with Crippen LogP contribution in [-0.4, -0.2) is 33.9 Å². The fourth-order valence-electron chi connectivity index (χ4n) is 2.63.